The molecule has 1 N–H and O–H groups in total. The van der Waals surface area contributed by atoms with Crippen LogP contribution in [0, 0.1) is 0 Å². The Morgan fingerprint density at radius 3 is 2.76 bits per heavy atom. The highest BCUT2D eigenvalue weighted by molar-refractivity contribution is 7.12. The predicted molar refractivity (Wildman–Crippen MR) is 86.8 cm³/mol. The van der Waals surface area contributed by atoms with E-state index < -0.39 is 0 Å². The average Bonchev–Trinajstić information content (AvgIpc) is 2.95. The molecule has 2 aromatic rings. The number of ether oxygens (including phenoxy) is 1. The smallest absolute Gasteiger partial charge is 0.265 e. The summed E-state index contributed by atoms with van der Waals surface area (Å²) >= 11 is 7.21. The SMILES string of the molecule is O=C(Nc1ccccc1N1CCOCC1)c1cc(Cl)cs1. The van der Waals surface area contributed by atoms with Gasteiger partial charge >= 0.3 is 0 Å². The number of hydrogen-bond acceptors (Lipinski definition) is 4. The van der Waals surface area contributed by atoms with Crippen molar-refractivity contribution in [2.45, 2.75) is 0 Å². The Balaban J connectivity index is 1.80. The Kier molecular flexibility index (Phi) is 4.43. The molecule has 0 bridgehead atoms. The average molecular weight is 323 g/mol. The van der Waals surface area contributed by atoms with Crippen molar-refractivity contribution in [3.8, 4) is 0 Å². The molecule has 1 aromatic carbocycles. The summed E-state index contributed by atoms with van der Waals surface area (Å²) in [6.07, 6.45) is 0. The van der Waals surface area contributed by atoms with Crippen LogP contribution in [0.2, 0.25) is 5.02 Å². The molecule has 0 aliphatic carbocycles. The number of nitrogens with one attached hydrogen (secondary N) is 1. The topological polar surface area (TPSA) is 41.6 Å². The van der Waals surface area contributed by atoms with Crippen molar-refractivity contribution in [3.63, 3.8) is 0 Å². The van der Waals surface area contributed by atoms with Crippen molar-refractivity contribution in [1.82, 2.24) is 0 Å². The highest BCUT2D eigenvalue weighted by Gasteiger charge is 2.16. The monoisotopic (exact) mass is 322 g/mol. The van der Waals surface area contributed by atoms with Crippen molar-refractivity contribution >= 4 is 40.2 Å². The van der Waals surface area contributed by atoms with Crippen molar-refractivity contribution in [3.05, 3.63) is 45.6 Å². The van der Waals surface area contributed by atoms with E-state index in [1.165, 1.54) is 11.3 Å². The van der Waals surface area contributed by atoms with Gasteiger partial charge in [0.15, 0.2) is 0 Å². The molecule has 0 saturated carbocycles. The number of amides is 1. The zero-order valence-electron chi connectivity index (χ0n) is 11.3. The Morgan fingerprint density at radius 2 is 2.05 bits per heavy atom. The Hall–Kier alpha value is -1.56. The van der Waals surface area contributed by atoms with Crippen LogP contribution in [0.3, 0.4) is 0 Å². The van der Waals surface area contributed by atoms with E-state index in [0.717, 1.165) is 24.5 Å². The maximum atomic E-state index is 12.3. The summed E-state index contributed by atoms with van der Waals surface area (Å²) in [5, 5.41) is 5.31. The number of carbonyl (C=O) groups excluding carboxylic acids is 1. The fourth-order valence-electron chi connectivity index (χ4n) is 2.28. The van der Waals surface area contributed by atoms with Crippen LogP contribution in [0.1, 0.15) is 9.67 Å². The number of hydrogen-bond donors (Lipinski definition) is 1. The highest BCUT2D eigenvalue weighted by atomic mass is 35.5. The van der Waals surface area contributed by atoms with Crippen LogP contribution in [-0.4, -0.2) is 32.2 Å². The number of para-hydroxylation sites is 2. The van der Waals surface area contributed by atoms with Crippen molar-refractivity contribution < 1.29 is 9.53 Å². The van der Waals surface area contributed by atoms with Crippen molar-refractivity contribution in [2.75, 3.05) is 36.5 Å². The summed E-state index contributed by atoms with van der Waals surface area (Å²) in [5.74, 6) is -0.132. The minimum atomic E-state index is -0.132. The molecule has 1 aromatic heterocycles. The molecule has 3 rings (SSSR count). The maximum Gasteiger partial charge on any atom is 0.265 e. The van der Waals surface area contributed by atoms with E-state index in [2.05, 4.69) is 10.2 Å². The molecule has 0 atom stereocenters. The van der Waals surface area contributed by atoms with E-state index in [1.807, 2.05) is 24.3 Å². The van der Waals surface area contributed by atoms with Crippen LogP contribution in [-0.2, 0) is 4.74 Å². The number of halogens is 1. The number of benzene rings is 1. The minimum absolute atomic E-state index is 0.132. The molecule has 1 fully saturated rings. The van der Waals surface area contributed by atoms with E-state index in [9.17, 15) is 4.79 Å². The first-order valence-electron chi connectivity index (χ1n) is 6.71. The van der Waals surface area contributed by atoms with Crippen LogP contribution in [0.15, 0.2) is 35.7 Å². The number of anilines is 2. The number of thiophene rings is 1. The molecule has 1 aliphatic rings. The number of morpholine rings is 1. The number of carbonyl (C=O) groups is 1. The third-order valence-corrected chi connectivity index (χ3v) is 4.57. The Morgan fingerprint density at radius 1 is 1.29 bits per heavy atom. The molecular weight excluding hydrogens is 308 g/mol. The first-order chi connectivity index (χ1) is 10.2. The molecule has 0 spiro atoms. The fourth-order valence-corrected chi connectivity index (χ4v) is 3.24. The van der Waals surface area contributed by atoms with E-state index in [-0.39, 0.29) is 5.91 Å². The van der Waals surface area contributed by atoms with Gasteiger partial charge in [-0.05, 0) is 18.2 Å². The summed E-state index contributed by atoms with van der Waals surface area (Å²) in [7, 11) is 0. The zero-order chi connectivity index (χ0) is 14.7. The van der Waals surface area contributed by atoms with Crippen molar-refractivity contribution in [1.29, 1.82) is 0 Å². The number of nitrogens with zero attached hydrogens (tertiary/aromatic N) is 1. The molecule has 21 heavy (non-hydrogen) atoms. The third kappa shape index (κ3) is 3.37. The van der Waals surface area contributed by atoms with Crippen LogP contribution < -0.4 is 10.2 Å². The molecule has 0 unspecified atom stereocenters. The van der Waals surface area contributed by atoms with Gasteiger partial charge in [0, 0.05) is 18.5 Å². The lowest BCUT2D eigenvalue weighted by Crippen LogP contribution is -2.36. The molecule has 1 aliphatic heterocycles. The van der Waals surface area contributed by atoms with E-state index in [0.29, 0.717) is 23.1 Å². The van der Waals surface area contributed by atoms with Crippen LogP contribution in [0.5, 0.6) is 0 Å². The molecule has 1 amide bonds. The maximum absolute atomic E-state index is 12.3. The van der Waals surface area contributed by atoms with Gasteiger partial charge in [-0.2, -0.15) is 0 Å². The largest absolute Gasteiger partial charge is 0.378 e. The Bertz CT molecular complexity index is 638. The zero-order valence-corrected chi connectivity index (χ0v) is 12.9. The first-order valence-corrected chi connectivity index (χ1v) is 7.97. The van der Waals surface area contributed by atoms with Gasteiger partial charge in [-0.1, -0.05) is 23.7 Å². The first kappa shape index (κ1) is 14.4. The molecule has 2 heterocycles. The van der Waals surface area contributed by atoms with Gasteiger partial charge in [0.05, 0.1) is 34.5 Å². The fraction of sp³-hybridized carbons (Fsp3) is 0.267. The third-order valence-electron chi connectivity index (χ3n) is 3.30. The van der Waals surface area contributed by atoms with E-state index in [1.54, 1.807) is 11.4 Å². The quantitative estimate of drug-likeness (QED) is 0.940. The van der Waals surface area contributed by atoms with Crippen LogP contribution >= 0.6 is 22.9 Å². The molecular formula is C15H15ClN2O2S. The molecule has 6 heteroatoms. The predicted octanol–water partition coefficient (Wildman–Crippen LogP) is 3.49. The van der Waals surface area contributed by atoms with Gasteiger partial charge in [-0.25, -0.2) is 0 Å². The molecule has 0 radical (unpaired) electrons. The summed E-state index contributed by atoms with van der Waals surface area (Å²) in [6.45, 7) is 3.08. The minimum Gasteiger partial charge on any atom is -0.378 e. The lowest BCUT2D eigenvalue weighted by molar-refractivity contribution is 0.103. The van der Waals surface area contributed by atoms with Gasteiger partial charge in [0.2, 0.25) is 0 Å². The van der Waals surface area contributed by atoms with Gasteiger partial charge in [-0.15, -0.1) is 11.3 Å². The van der Waals surface area contributed by atoms with E-state index in [4.69, 9.17) is 16.3 Å². The van der Waals surface area contributed by atoms with E-state index >= 15 is 0 Å². The Labute approximate surface area is 132 Å². The summed E-state index contributed by atoms with van der Waals surface area (Å²) in [5.41, 5.74) is 1.84. The summed E-state index contributed by atoms with van der Waals surface area (Å²) < 4.78 is 5.37. The standard InChI is InChI=1S/C15H15ClN2O2S/c16-11-9-14(21-10-11)15(19)17-12-3-1-2-4-13(12)18-5-7-20-8-6-18/h1-4,9-10H,5-8H2,(H,17,19). The normalized spacial score (nSPS) is 15.0. The summed E-state index contributed by atoms with van der Waals surface area (Å²) in [4.78, 5) is 15.1. The molecule has 1 saturated heterocycles. The molecule has 110 valence electrons. The number of rotatable bonds is 3. The van der Waals surface area contributed by atoms with Gasteiger partial charge in [0.1, 0.15) is 0 Å². The van der Waals surface area contributed by atoms with Crippen LogP contribution in [0.25, 0.3) is 0 Å². The van der Waals surface area contributed by atoms with Gasteiger partial charge in [0.25, 0.3) is 5.91 Å². The lowest BCUT2D eigenvalue weighted by atomic mass is 10.2. The highest BCUT2D eigenvalue weighted by Crippen LogP contribution is 2.28. The lowest BCUT2D eigenvalue weighted by Gasteiger charge is -2.30. The van der Waals surface area contributed by atoms with Gasteiger partial charge < -0.3 is 15.0 Å². The van der Waals surface area contributed by atoms with Crippen LogP contribution in [0.4, 0.5) is 11.4 Å². The summed E-state index contributed by atoms with van der Waals surface area (Å²) in [6, 6.07) is 9.50. The van der Waals surface area contributed by atoms with Crippen molar-refractivity contribution in [2.24, 2.45) is 0 Å². The second-order valence-corrected chi connectivity index (χ2v) is 6.05. The second-order valence-electron chi connectivity index (χ2n) is 4.70. The van der Waals surface area contributed by atoms with Gasteiger partial charge in [-0.3, -0.25) is 4.79 Å². The molecule has 4 nitrogen and oxygen atoms in total. The second kappa shape index (κ2) is 6.47.